The lowest BCUT2D eigenvalue weighted by molar-refractivity contribution is -0.914. The predicted molar refractivity (Wildman–Crippen MR) is 167 cm³/mol. The highest BCUT2D eigenvalue weighted by Crippen LogP contribution is 2.43. The molecule has 3 N–H and O–H groups in total. The average Bonchev–Trinajstić information content (AvgIpc) is 3.21. The first-order chi connectivity index (χ1) is 20.2. The van der Waals surface area contributed by atoms with Crippen LogP contribution in [0.25, 0.3) is 5.57 Å². The van der Waals surface area contributed by atoms with Crippen LogP contribution in [0.1, 0.15) is 72.0 Å². The number of anilines is 1. The Bertz CT molecular complexity index is 1490. The molecule has 2 unspecified atom stereocenters. The van der Waals surface area contributed by atoms with E-state index >= 15 is 0 Å². The first kappa shape index (κ1) is 29.6. The molecule has 1 saturated heterocycles. The number of likely N-dealkylation sites (tertiary alicyclic amines) is 1. The van der Waals surface area contributed by atoms with E-state index in [1.165, 1.54) is 49.6 Å². The van der Waals surface area contributed by atoms with E-state index < -0.39 is 17.5 Å². The van der Waals surface area contributed by atoms with Crippen LogP contribution in [0, 0.1) is 17.6 Å². The maximum Gasteiger partial charge on any atom is 0.250 e. The molecule has 2 aliphatic heterocycles. The summed E-state index contributed by atoms with van der Waals surface area (Å²) >= 11 is 0. The first-order valence-electron chi connectivity index (χ1n) is 15.0. The number of piperidine rings is 1. The third-order valence-corrected chi connectivity index (χ3v) is 9.04. The molecule has 42 heavy (non-hydrogen) atoms. The van der Waals surface area contributed by atoms with Crippen LogP contribution in [0.4, 0.5) is 20.2 Å². The van der Waals surface area contributed by atoms with Gasteiger partial charge in [-0.3, -0.25) is 9.79 Å². The summed E-state index contributed by atoms with van der Waals surface area (Å²) < 4.78 is 28.3. The number of nitrogens with one attached hydrogen (secondary N) is 1. The highest BCUT2D eigenvalue weighted by molar-refractivity contribution is 6.01. The first-order valence-corrected chi connectivity index (χ1v) is 15.0. The summed E-state index contributed by atoms with van der Waals surface area (Å²) in [5, 5.41) is 3.40. The van der Waals surface area contributed by atoms with Crippen molar-refractivity contribution >= 4 is 29.1 Å². The molecule has 2 aliphatic rings. The fourth-order valence-corrected chi connectivity index (χ4v) is 6.58. The molecule has 0 aliphatic carbocycles. The fourth-order valence-electron chi connectivity index (χ4n) is 6.58. The Morgan fingerprint density at radius 1 is 1.02 bits per heavy atom. The number of nitrogens with two attached hydrogens (primary N) is 1. The Kier molecular flexibility index (Phi) is 9.17. The zero-order valence-electron chi connectivity index (χ0n) is 24.6. The zero-order valence-corrected chi connectivity index (χ0v) is 24.6. The van der Waals surface area contributed by atoms with Crippen LogP contribution in [-0.4, -0.2) is 43.3 Å². The van der Waals surface area contributed by atoms with E-state index in [9.17, 15) is 13.6 Å². The van der Waals surface area contributed by atoms with E-state index in [0.29, 0.717) is 29.8 Å². The zero-order chi connectivity index (χ0) is 29.7. The number of primary amides is 1. The van der Waals surface area contributed by atoms with Crippen LogP contribution in [0.5, 0.6) is 0 Å². The number of hydrogen-bond donors (Lipinski definition) is 2. The number of aliphatic imine (C=N–C) groups is 1. The van der Waals surface area contributed by atoms with E-state index in [2.05, 4.69) is 48.6 Å². The van der Waals surface area contributed by atoms with Crippen molar-refractivity contribution in [2.24, 2.45) is 16.6 Å². The normalized spacial score (nSPS) is 17.5. The van der Waals surface area contributed by atoms with Crippen LogP contribution >= 0.6 is 0 Å². The molecular weight excluding hydrogens is 530 g/mol. The van der Waals surface area contributed by atoms with Gasteiger partial charge in [0.1, 0.15) is 0 Å². The third-order valence-electron chi connectivity index (χ3n) is 9.04. The van der Waals surface area contributed by atoms with E-state index in [4.69, 9.17) is 5.73 Å². The van der Waals surface area contributed by atoms with Crippen LogP contribution in [0.3, 0.4) is 0 Å². The summed E-state index contributed by atoms with van der Waals surface area (Å²) in [6.45, 7) is 6.16. The molecule has 2 atom stereocenters. The molecule has 0 bridgehead atoms. The van der Waals surface area contributed by atoms with Crippen molar-refractivity contribution in [3.05, 3.63) is 101 Å². The summed E-state index contributed by atoms with van der Waals surface area (Å²) in [7, 11) is 2.38. The summed E-state index contributed by atoms with van der Waals surface area (Å²) in [5.41, 5.74) is 11.8. The quantitative estimate of drug-likeness (QED) is 0.246. The number of halogens is 2. The second kappa shape index (κ2) is 13.0. The van der Waals surface area contributed by atoms with Gasteiger partial charge in [-0.25, -0.2) is 8.78 Å². The number of quaternary nitrogens is 1. The topological polar surface area (TPSA) is 67.5 Å². The molecule has 1 fully saturated rings. The largest absolute Gasteiger partial charge is 0.381 e. The molecule has 1 amide bonds. The van der Waals surface area contributed by atoms with Gasteiger partial charge < -0.3 is 15.5 Å². The highest BCUT2D eigenvalue weighted by Gasteiger charge is 2.31. The Hall–Kier alpha value is -3.84. The van der Waals surface area contributed by atoms with Gasteiger partial charge in [0.25, 0.3) is 5.91 Å². The van der Waals surface area contributed by atoms with Gasteiger partial charge in [-0.05, 0) is 78.1 Å². The monoisotopic (exact) mass is 571 g/mol. The van der Waals surface area contributed by atoms with Gasteiger partial charge in [-0.2, -0.15) is 0 Å². The van der Waals surface area contributed by atoms with Crippen molar-refractivity contribution in [3.63, 3.8) is 0 Å². The smallest absolute Gasteiger partial charge is 0.250 e. The number of para-hydroxylation sites is 1. The predicted octanol–water partition coefficient (Wildman–Crippen LogP) is 7.61. The fraction of sp³-hybridized carbons (Fsp3) is 0.371. The van der Waals surface area contributed by atoms with Crippen molar-refractivity contribution in [1.29, 1.82) is 0 Å². The number of hydrogen-bond acceptors (Lipinski definition) is 3. The van der Waals surface area contributed by atoms with E-state index in [1.54, 1.807) is 12.1 Å². The molecule has 0 spiro atoms. The van der Waals surface area contributed by atoms with Crippen LogP contribution < -0.4 is 11.1 Å². The molecule has 0 saturated carbocycles. The highest BCUT2D eigenvalue weighted by atomic mass is 19.2. The lowest BCUT2D eigenvalue weighted by Crippen LogP contribution is -2.48. The Labute approximate surface area is 247 Å². The van der Waals surface area contributed by atoms with E-state index in [1.807, 2.05) is 24.4 Å². The molecule has 5 rings (SSSR count). The molecular formula is C35H41F2N4O+. The number of benzene rings is 3. The maximum absolute atomic E-state index is 13.8. The number of nitrogens with zero attached hydrogens (tertiary/aromatic N) is 2. The second-order valence-electron chi connectivity index (χ2n) is 12.0. The number of carbonyl (C=O) groups is 1. The van der Waals surface area contributed by atoms with E-state index in [0.717, 1.165) is 34.8 Å². The average molecular weight is 572 g/mol. The van der Waals surface area contributed by atoms with Crippen LogP contribution in [-0.2, 0) is 6.54 Å². The van der Waals surface area contributed by atoms with E-state index in [-0.39, 0.29) is 11.8 Å². The second-order valence-corrected chi connectivity index (χ2v) is 12.0. The summed E-state index contributed by atoms with van der Waals surface area (Å²) in [5.74, 6) is -1.80. The van der Waals surface area contributed by atoms with Gasteiger partial charge in [0.05, 0.1) is 37.9 Å². The minimum atomic E-state index is -0.842. The Morgan fingerprint density at radius 3 is 2.57 bits per heavy atom. The standard InChI is InChI=1S/C35H40F2N4O/c1-24(29-13-8-17-39-34-30(29)11-7-12-31(34)35(38)42)28(16-20-41(2)18-4-3-5-19-41)26-9-6-10-27(22-26)40-23-25-14-15-32(36)33(37)21-25/h6-7,9-15,17,21-22,24,28,40H,3-5,8,16,18-20,23H2,1-2H3,(H-,38,42)/p+1. The SMILES string of the molecule is CC(C1=CCC=Nc2c(C(N)=O)cccc21)C(CC[N+]1(C)CCCCC1)c1cccc(NCc2ccc(F)c(F)c2)c1. The van der Waals surface area contributed by atoms with Crippen molar-refractivity contribution in [2.75, 3.05) is 32.0 Å². The molecule has 3 aromatic carbocycles. The maximum atomic E-state index is 13.8. The van der Waals surface area contributed by atoms with Crippen molar-refractivity contribution in [3.8, 4) is 0 Å². The van der Waals surface area contributed by atoms with Gasteiger partial charge in [0.2, 0.25) is 0 Å². The minimum Gasteiger partial charge on any atom is -0.381 e. The van der Waals surface area contributed by atoms with Gasteiger partial charge in [-0.15, -0.1) is 0 Å². The van der Waals surface area contributed by atoms with Crippen molar-refractivity contribution in [1.82, 2.24) is 0 Å². The number of fused-ring (bicyclic) bond motifs is 1. The minimum absolute atomic E-state index is 0.145. The molecule has 7 heteroatoms. The molecule has 0 aromatic heterocycles. The van der Waals surface area contributed by atoms with Gasteiger partial charge >= 0.3 is 0 Å². The molecule has 2 heterocycles. The van der Waals surface area contributed by atoms with Crippen molar-refractivity contribution in [2.45, 2.75) is 51.5 Å². The summed E-state index contributed by atoms with van der Waals surface area (Å²) in [6.07, 6.45) is 9.63. The van der Waals surface area contributed by atoms with Crippen LogP contribution in [0.2, 0.25) is 0 Å². The summed E-state index contributed by atoms with van der Waals surface area (Å²) in [6, 6.07) is 18.1. The Balaban J connectivity index is 1.45. The number of rotatable bonds is 10. The number of allylic oxidation sites excluding steroid dienone is 2. The third kappa shape index (κ3) is 6.79. The Morgan fingerprint density at radius 2 is 1.81 bits per heavy atom. The van der Waals surface area contributed by atoms with Crippen LogP contribution in [0.15, 0.2) is 71.7 Å². The van der Waals surface area contributed by atoms with Gasteiger partial charge in [-0.1, -0.05) is 43.3 Å². The number of carbonyl (C=O) groups excluding carboxylic acids is 1. The lowest BCUT2D eigenvalue weighted by atomic mass is 9.77. The molecule has 3 aromatic rings. The molecule has 220 valence electrons. The molecule has 5 nitrogen and oxygen atoms in total. The van der Waals surface area contributed by atoms with Crippen molar-refractivity contribution < 1.29 is 18.1 Å². The number of amides is 1. The lowest BCUT2D eigenvalue weighted by Gasteiger charge is -2.39. The van der Waals surface area contributed by atoms with Gasteiger partial charge in [0, 0.05) is 36.9 Å². The van der Waals surface area contributed by atoms with Gasteiger partial charge in [0.15, 0.2) is 11.6 Å². The molecule has 0 radical (unpaired) electrons. The summed E-state index contributed by atoms with van der Waals surface area (Å²) in [4.78, 5) is 16.9.